The van der Waals surface area contributed by atoms with Gasteiger partial charge in [-0.05, 0) is 25.1 Å². The lowest BCUT2D eigenvalue weighted by atomic mass is 10.2. The predicted octanol–water partition coefficient (Wildman–Crippen LogP) is 0.346. The highest BCUT2D eigenvalue weighted by Gasteiger charge is 2.21. The Morgan fingerprint density at radius 2 is 1.91 bits per heavy atom. The Balaban J connectivity index is 1.69. The number of carbonyl (C=O) groups excluding carboxylic acids is 1. The van der Waals surface area contributed by atoms with E-state index in [2.05, 4.69) is 22.1 Å². The van der Waals surface area contributed by atoms with Crippen molar-refractivity contribution in [1.82, 2.24) is 24.8 Å². The highest BCUT2D eigenvalue weighted by molar-refractivity contribution is 5.78. The van der Waals surface area contributed by atoms with E-state index in [4.69, 9.17) is 0 Å². The van der Waals surface area contributed by atoms with E-state index in [-0.39, 0.29) is 18.0 Å². The first-order valence-corrected chi connectivity index (χ1v) is 8.01. The van der Waals surface area contributed by atoms with Crippen LogP contribution in [-0.2, 0) is 11.3 Å². The SMILES string of the molecule is CCCN1CCN(C(=O)Cn2nnc3ccccc3c2=O)CC1. The van der Waals surface area contributed by atoms with Gasteiger partial charge in [-0.25, -0.2) is 4.68 Å². The van der Waals surface area contributed by atoms with Crippen molar-refractivity contribution >= 4 is 16.8 Å². The number of aromatic nitrogens is 3. The van der Waals surface area contributed by atoms with Crippen molar-refractivity contribution < 1.29 is 4.79 Å². The van der Waals surface area contributed by atoms with Gasteiger partial charge in [-0.2, -0.15) is 0 Å². The van der Waals surface area contributed by atoms with Crippen LogP contribution in [0.25, 0.3) is 10.9 Å². The topological polar surface area (TPSA) is 71.3 Å². The lowest BCUT2D eigenvalue weighted by Gasteiger charge is -2.34. The molecule has 1 aromatic heterocycles. The van der Waals surface area contributed by atoms with Crippen LogP contribution < -0.4 is 5.56 Å². The minimum Gasteiger partial charge on any atom is -0.339 e. The molecule has 1 aliphatic rings. The molecule has 3 rings (SSSR count). The molecule has 1 amide bonds. The molecule has 1 fully saturated rings. The standard InChI is InChI=1S/C16H21N5O2/c1-2-7-19-8-10-20(11-9-19)15(22)12-21-16(23)13-5-3-4-6-14(13)17-18-21/h3-6H,2,7-12H2,1H3. The fraction of sp³-hybridized carbons (Fsp3) is 0.500. The zero-order chi connectivity index (χ0) is 16.2. The number of nitrogens with zero attached hydrogens (tertiary/aromatic N) is 5. The maximum atomic E-state index is 12.4. The molecule has 2 heterocycles. The second kappa shape index (κ2) is 6.87. The monoisotopic (exact) mass is 315 g/mol. The number of piperazine rings is 1. The van der Waals surface area contributed by atoms with Gasteiger partial charge in [0, 0.05) is 26.2 Å². The van der Waals surface area contributed by atoms with Crippen LogP contribution in [-0.4, -0.2) is 63.4 Å². The van der Waals surface area contributed by atoms with Crippen LogP contribution in [0.2, 0.25) is 0 Å². The third-order valence-corrected chi connectivity index (χ3v) is 4.18. The number of benzene rings is 1. The molecule has 2 aromatic rings. The molecule has 1 aliphatic heterocycles. The Morgan fingerprint density at radius 3 is 2.65 bits per heavy atom. The van der Waals surface area contributed by atoms with Gasteiger partial charge in [-0.1, -0.05) is 24.3 Å². The molecule has 0 saturated carbocycles. The van der Waals surface area contributed by atoms with Crippen LogP contribution in [0, 0.1) is 0 Å². The van der Waals surface area contributed by atoms with E-state index in [1.165, 1.54) is 0 Å². The molecule has 0 unspecified atom stereocenters. The average molecular weight is 315 g/mol. The Labute approximate surface area is 134 Å². The van der Waals surface area contributed by atoms with Crippen molar-refractivity contribution in [3.8, 4) is 0 Å². The average Bonchev–Trinajstić information content (AvgIpc) is 2.58. The van der Waals surface area contributed by atoms with E-state index in [1.807, 2.05) is 6.07 Å². The molecule has 0 radical (unpaired) electrons. The van der Waals surface area contributed by atoms with Crippen LogP contribution in [0.15, 0.2) is 29.1 Å². The highest BCUT2D eigenvalue weighted by Crippen LogP contribution is 2.05. The molecule has 7 nitrogen and oxygen atoms in total. The van der Waals surface area contributed by atoms with Gasteiger partial charge in [0.1, 0.15) is 12.1 Å². The molecule has 23 heavy (non-hydrogen) atoms. The number of rotatable bonds is 4. The number of hydrogen-bond acceptors (Lipinski definition) is 5. The second-order valence-corrected chi connectivity index (χ2v) is 5.79. The Hall–Kier alpha value is -2.28. The third-order valence-electron chi connectivity index (χ3n) is 4.18. The third kappa shape index (κ3) is 3.39. The molecule has 0 bridgehead atoms. The van der Waals surface area contributed by atoms with Crippen molar-refractivity contribution in [2.24, 2.45) is 0 Å². The first-order chi connectivity index (χ1) is 11.2. The fourth-order valence-electron chi connectivity index (χ4n) is 2.89. The Morgan fingerprint density at radius 1 is 1.17 bits per heavy atom. The summed E-state index contributed by atoms with van der Waals surface area (Å²) < 4.78 is 1.16. The van der Waals surface area contributed by atoms with Crippen LogP contribution in [0.1, 0.15) is 13.3 Å². The quantitative estimate of drug-likeness (QED) is 0.814. The lowest BCUT2D eigenvalue weighted by molar-refractivity contribution is -0.133. The Kier molecular flexibility index (Phi) is 4.66. The van der Waals surface area contributed by atoms with Crippen molar-refractivity contribution in [3.63, 3.8) is 0 Å². The normalized spacial score (nSPS) is 16.0. The zero-order valence-corrected chi connectivity index (χ0v) is 13.3. The van der Waals surface area contributed by atoms with E-state index < -0.39 is 0 Å². The van der Waals surface area contributed by atoms with Gasteiger partial charge in [0.25, 0.3) is 5.56 Å². The maximum absolute atomic E-state index is 12.4. The van der Waals surface area contributed by atoms with Crippen LogP contribution >= 0.6 is 0 Å². The van der Waals surface area contributed by atoms with E-state index in [0.29, 0.717) is 24.0 Å². The van der Waals surface area contributed by atoms with Gasteiger partial charge < -0.3 is 4.90 Å². The summed E-state index contributed by atoms with van der Waals surface area (Å²) in [7, 11) is 0. The van der Waals surface area contributed by atoms with E-state index in [0.717, 1.165) is 30.7 Å². The summed E-state index contributed by atoms with van der Waals surface area (Å²) in [6.45, 7) is 6.35. The second-order valence-electron chi connectivity index (χ2n) is 5.79. The van der Waals surface area contributed by atoms with E-state index >= 15 is 0 Å². The molecule has 0 N–H and O–H groups in total. The van der Waals surface area contributed by atoms with Gasteiger partial charge in [0.05, 0.1) is 5.39 Å². The molecule has 0 atom stereocenters. The van der Waals surface area contributed by atoms with E-state index in [9.17, 15) is 9.59 Å². The van der Waals surface area contributed by atoms with Gasteiger partial charge >= 0.3 is 0 Å². The minimum atomic E-state index is -0.270. The number of fused-ring (bicyclic) bond motifs is 1. The maximum Gasteiger partial charge on any atom is 0.278 e. The first kappa shape index (κ1) is 15.6. The molecule has 1 saturated heterocycles. The molecule has 0 aliphatic carbocycles. The molecular weight excluding hydrogens is 294 g/mol. The fourth-order valence-corrected chi connectivity index (χ4v) is 2.89. The van der Waals surface area contributed by atoms with Crippen LogP contribution in [0.3, 0.4) is 0 Å². The molecule has 122 valence electrons. The molecule has 1 aromatic carbocycles. The zero-order valence-electron chi connectivity index (χ0n) is 13.3. The van der Waals surface area contributed by atoms with Crippen molar-refractivity contribution in [2.75, 3.05) is 32.7 Å². The lowest BCUT2D eigenvalue weighted by Crippen LogP contribution is -2.50. The van der Waals surface area contributed by atoms with Crippen LogP contribution in [0.4, 0.5) is 0 Å². The predicted molar refractivity (Wildman–Crippen MR) is 87.1 cm³/mol. The van der Waals surface area contributed by atoms with Gasteiger partial charge in [-0.15, -0.1) is 5.10 Å². The van der Waals surface area contributed by atoms with Gasteiger partial charge in [0.15, 0.2) is 0 Å². The molecular formula is C16H21N5O2. The summed E-state index contributed by atoms with van der Waals surface area (Å²) in [4.78, 5) is 28.9. The number of hydrogen-bond donors (Lipinski definition) is 0. The summed E-state index contributed by atoms with van der Waals surface area (Å²) in [6.07, 6.45) is 1.12. The minimum absolute atomic E-state index is 0.0511. The summed E-state index contributed by atoms with van der Waals surface area (Å²) in [6, 6.07) is 7.03. The largest absolute Gasteiger partial charge is 0.339 e. The summed E-state index contributed by atoms with van der Waals surface area (Å²) in [5.41, 5.74) is 0.281. The van der Waals surface area contributed by atoms with Crippen molar-refractivity contribution in [1.29, 1.82) is 0 Å². The smallest absolute Gasteiger partial charge is 0.278 e. The van der Waals surface area contributed by atoms with Gasteiger partial charge in [0.2, 0.25) is 5.91 Å². The molecule has 0 spiro atoms. The van der Waals surface area contributed by atoms with Crippen LogP contribution in [0.5, 0.6) is 0 Å². The molecule has 7 heteroatoms. The van der Waals surface area contributed by atoms with Gasteiger partial charge in [-0.3, -0.25) is 14.5 Å². The number of carbonyl (C=O) groups is 1. The highest BCUT2D eigenvalue weighted by atomic mass is 16.2. The number of amides is 1. The first-order valence-electron chi connectivity index (χ1n) is 8.01. The van der Waals surface area contributed by atoms with Crippen molar-refractivity contribution in [2.45, 2.75) is 19.9 Å². The van der Waals surface area contributed by atoms with E-state index in [1.54, 1.807) is 23.1 Å². The summed E-state index contributed by atoms with van der Waals surface area (Å²) in [5.74, 6) is -0.0761. The summed E-state index contributed by atoms with van der Waals surface area (Å²) in [5, 5.41) is 8.38. The summed E-state index contributed by atoms with van der Waals surface area (Å²) >= 11 is 0. The Bertz CT molecular complexity index is 749. The van der Waals surface area contributed by atoms with Crippen molar-refractivity contribution in [3.05, 3.63) is 34.6 Å².